The average Bonchev–Trinajstić information content (AvgIpc) is 3.04. The lowest BCUT2D eigenvalue weighted by atomic mass is 9.97. The maximum absolute atomic E-state index is 5.39. The SMILES string of the molecule is c1cc(N2CCOCC2)ncc1C1CCCc2cncn21. The number of ether oxygens (including phenoxy) is 1. The maximum Gasteiger partial charge on any atom is 0.128 e. The number of pyridine rings is 1. The molecule has 2 aliphatic heterocycles. The van der Waals surface area contributed by atoms with E-state index < -0.39 is 0 Å². The van der Waals surface area contributed by atoms with Gasteiger partial charge in [0.2, 0.25) is 0 Å². The van der Waals surface area contributed by atoms with E-state index >= 15 is 0 Å². The van der Waals surface area contributed by atoms with E-state index in [1.54, 1.807) is 0 Å². The molecule has 1 saturated heterocycles. The minimum absolute atomic E-state index is 0.391. The fourth-order valence-corrected chi connectivity index (χ4v) is 3.32. The van der Waals surface area contributed by atoms with Crippen LogP contribution in [0.15, 0.2) is 30.9 Å². The molecule has 21 heavy (non-hydrogen) atoms. The quantitative estimate of drug-likeness (QED) is 0.846. The molecule has 4 rings (SSSR count). The number of aromatic nitrogens is 3. The van der Waals surface area contributed by atoms with Crippen molar-refractivity contribution in [1.29, 1.82) is 0 Å². The molecule has 0 spiro atoms. The third-order valence-corrected chi connectivity index (χ3v) is 4.48. The minimum Gasteiger partial charge on any atom is -0.378 e. The number of hydrogen-bond donors (Lipinski definition) is 0. The second-order valence-electron chi connectivity index (χ2n) is 5.75. The summed E-state index contributed by atoms with van der Waals surface area (Å²) in [5.74, 6) is 1.06. The summed E-state index contributed by atoms with van der Waals surface area (Å²) < 4.78 is 7.69. The van der Waals surface area contributed by atoms with E-state index in [9.17, 15) is 0 Å². The molecule has 0 saturated carbocycles. The van der Waals surface area contributed by atoms with Gasteiger partial charge < -0.3 is 14.2 Å². The molecule has 4 heterocycles. The average molecular weight is 284 g/mol. The van der Waals surface area contributed by atoms with Gasteiger partial charge in [-0.2, -0.15) is 0 Å². The summed E-state index contributed by atoms with van der Waals surface area (Å²) in [6.07, 6.45) is 9.50. The smallest absolute Gasteiger partial charge is 0.128 e. The molecule has 0 radical (unpaired) electrons. The summed E-state index contributed by atoms with van der Waals surface area (Å²) >= 11 is 0. The van der Waals surface area contributed by atoms with Gasteiger partial charge in [0.1, 0.15) is 5.82 Å². The first-order valence-corrected chi connectivity index (χ1v) is 7.71. The third kappa shape index (κ3) is 2.42. The predicted octanol–water partition coefficient (Wildman–Crippen LogP) is 2.04. The Balaban J connectivity index is 1.57. The lowest BCUT2D eigenvalue weighted by Gasteiger charge is -2.29. The van der Waals surface area contributed by atoms with Crippen LogP contribution in [0.25, 0.3) is 0 Å². The van der Waals surface area contributed by atoms with Crippen LogP contribution in [0.4, 0.5) is 5.82 Å². The van der Waals surface area contributed by atoms with E-state index in [-0.39, 0.29) is 0 Å². The number of anilines is 1. The molecular formula is C16H20N4O. The molecule has 0 aromatic carbocycles. The number of imidazole rings is 1. The molecule has 110 valence electrons. The topological polar surface area (TPSA) is 43.2 Å². The highest BCUT2D eigenvalue weighted by molar-refractivity contribution is 5.40. The number of morpholine rings is 1. The van der Waals surface area contributed by atoms with Crippen LogP contribution in [0, 0.1) is 0 Å². The first-order valence-electron chi connectivity index (χ1n) is 7.71. The second-order valence-corrected chi connectivity index (χ2v) is 5.75. The summed E-state index contributed by atoms with van der Waals surface area (Å²) in [5, 5.41) is 0. The summed E-state index contributed by atoms with van der Waals surface area (Å²) in [6, 6.07) is 4.76. The van der Waals surface area contributed by atoms with E-state index in [1.807, 2.05) is 18.7 Å². The molecule has 0 bridgehead atoms. The third-order valence-electron chi connectivity index (χ3n) is 4.48. The van der Waals surface area contributed by atoms with Crippen molar-refractivity contribution in [2.75, 3.05) is 31.2 Å². The molecule has 5 nitrogen and oxygen atoms in total. The highest BCUT2D eigenvalue weighted by Gasteiger charge is 2.21. The molecule has 1 fully saturated rings. The Morgan fingerprint density at radius 3 is 2.86 bits per heavy atom. The van der Waals surface area contributed by atoms with Gasteiger partial charge in [-0.3, -0.25) is 0 Å². The van der Waals surface area contributed by atoms with Crippen LogP contribution in [0.3, 0.4) is 0 Å². The van der Waals surface area contributed by atoms with Gasteiger partial charge in [-0.1, -0.05) is 6.07 Å². The Labute approximate surface area is 124 Å². The van der Waals surface area contributed by atoms with Crippen molar-refractivity contribution < 1.29 is 4.74 Å². The number of nitrogens with zero attached hydrogens (tertiary/aromatic N) is 4. The Bertz CT molecular complexity index is 601. The fourth-order valence-electron chi connectivity index (χ4n) is 3.32. The van der Waals surface area contributed by atoms with Gasteiger partial charge in [-0.05, 0) is 30.9 Å². The van der Waals surface area contributed by atoms with E-state index in [1.165, 1.54) is 24.1 Å². The van der Waals surface area contributed by atoms with Gasteiger partial charge in [-0.25, -0.2) is 9.97 Å². The number of aryl methyl sites for hydroxylation is 1. The summed E-state index contributed by atoms with van der Waals surface area (Å²) in [7, 11) is 0. The van der Waals surface area contributed by atoms with Crippen molar-refractivity contribution in [2.45, 2.75) is 25.3 Å². The zero-order valence-electron chi connectivity index (χ0n) is 12.1. The molecule has 2 aromatic rings. The van der Waals surface area contributed by atoms with Crippen molar-refractivity contribution >= 4 is 5.82 Å². The van der Waals surface area contributed by atoms with Crippen molar-refractivity contribution in [3.05, 3.63) is 42.1 Å². The van der Waals surface area contributed by atoms with Gasteiger partial charge in [0.25, 0.3) is 0 Å². The summed E-state index contributed by atoms with van der Waals surface area (Å²) in [6.45, 7) is 3.46. The first-order chi connectivity index (χ1) is 10.4. The second kappa shape index (κ2) is 5.48. The van der Waals surface area contributed by atoms with Crippen LogP contribution < -0.4 is 4.90 Å². The zero-order chi connectivity index (χ0) is 14.1. The fraction of sp³-hybridized carbons (Fsp3) is 0.500. The van der Waals surface area contributed by atoms with Gasteiger partial charge in [-0.15, -0.1) is 0 Å². The number of rotatable bonds is 2. The van der Waals surface area contributed by atoms with Gasteiger partial charge in [0.05, 0.1) is 25.6 Å². The van der Waals surface area contributed by atoms with Crippen molar-refractivity contribution in [3.63, 3.8) is 0 Å². The molecule has 0 amide bonds. The van der Waals surface area contributed by atoms with E-state index in [2.05, 4.69) is 31.6 Å². The zero-order valence-corrected chi connectivity index (χ0v) is 12.1. The Morgan fingerprint density at radius 1 is 1.14 bits per heavy atom. The van der Waals surface area contributed by atoms with Crippen molar-refractivity contribution in [1.82, 2.24) is 14.5 Å². The number of fused-ring (bicyclic) bond motifs is 1. The lowest BCUT2D eigenvalue weighted by Crippen LogP contribution is -2.36. The Hall–Kier alpha value is -1.88. The monoisotopic (exact) mass is 284 g/mol. The lowest BCUT2D eigenvalue weighted by molar-refractivity contribution is 0.122. The van der Waals surface area contributed by atoms with Crippen LogP contribution in [-0.2, 0) is 11.2 Å². The predicted molar refractivity (Wildman–Crippen MR) is 80.6 cm³/mol. The Morgan fingerprint density at radius 2 is 2.05 bits per heavy atom. The highest BCUT2D eigenvalue weighted by Crippen LogP contribution is 2.30. The molecule has 2 aromatic heterocycles. The number of hydrogen-bond acceptors (Lipinski definition) is 4. The molecule has 1 atom stereocenters. The maximum atomic E-state index is 5.39. The van der Waals surface area contributed by atoms with Crippen LogP contribution in [0.5, 0.6) is 0 Å². The van der Waals surface area contributed by atoms with E-state index in [4.69, 9.17) is 4.74 Å². The van der Waals surface area contributed by atoms with Gasteiger partial charge in [0.15, 0.2) is 0 Å². The van der Waals surface area contributed by atoms with Crippen molar-refractivity contribution in [2.24, 2.45) is 0 Å². The van der Waals surface area contributed by atoms with Gasteiger partial charge >= 0.3 is 0 Å². The van der Waals surface area contributed by atoms with Gasteiger partial charge in [0, 0.05) is 31.2 Å². The van der Waals surface area contributed by atoms with Crippen molar-refractivity contribution in [3.8, 4) is 0 Å². The summed E-state index contributed by atoms with van der Waals surface area (Å²) in [4.78, 5) is 11.3. The molecule has 2 aliphatic rings. The van der Waals surface area contributed by atoms with E-state index in [0.29, 0.717) is 6.04 Å². The molecule has 0 N–H and O–H groups in total. The first kappa shape index (κ1) is 12.8. The minimum atomic E-state index is 0.391. The van der Waals surface area contributed by atoms with E-state index in [0.717, 1.165) is 38.5 Å². The Kier molecular flexibility index (Phi) is 3.35. The molecule has 0 aliphatic carbocycles. The molecular weight excluding hydrogens is 264 g/mol. The molecule has 5 heteroatoms. The normalized spacial score (nSPS) is 22.1. The van der Waals surface area contributed by atoms with Crippen LogP contribution in [-0.4, -0.2) is 40.8 Å². The highest BCUT2D eigenvalue weighted by atomic mass is 16.5. The summed E-state index contributed by atoms with van der Waals surface area (Å²) in [5.41, 5.74) is 2.62. The van der Waals surface area contributed by atoms with Crippen LogP contribution in [0.1, 0.15) is 30.1 Å². The molecule has 1 unspecified atom stereocenters. The largest absolute Gasteiger partial charge is 0.378 e. The van der Waals surface area contributed by atoms with Crippen LogP contribution >= 0.6 is 0 Å². The standard InChI is InChI=1S/C16H20N4O/c1-2-14-11-17-12-20(14)15(3-1)13-4-5-16(18-10-13)19-6-8-21-9-7-19/h4-5,10-12,15H,1-3,6-9H2. The van der Waals surface area contributed by atoms with Crippen LogP contribution in [0.2, 0.25) is 0 Å².